The molecule has 0 radical (unpaired) electrons. The summed E-state index contributed by atoms with van der Waals surface area (Å²) in [5.74, 6) is -0.944. The second kappa shape index (κ2) is 4.70. The highest BCUT2D eigenvalue weighted by molar-refractivity contribution is 5.81. The molecule has 0 aliphatic heterocycles. The Bertz CT molecular complexity index is 916. The molecule has 0 atom stereocenters. The maximum Gasteiger partial charge on any atom is 0.266 e. The molecule has 0 saturated carbocycles. The van der Waals surface area contributed by atoms with Crippen LogP contribution in [-0.4, -0.2) is 14.7 Å². The molecule has 2 aromatic carbocycles. The first-order valence-electron chi connectivity index (χ1n) is 6.47. The summed E-state index contributed by atoms with van der Waals surface area (Å²) in [4.78, 5) is 17.1. The lowest BCUT2D eigenvalue weighted by Crippen LogP contribution is -2.23. The molecule has 3 rings (SSSR count). The normalized spacial score (nSPS) is 11.0. The van der Waals surface area contributed by atoms with Gasteiger partial charge in [-0.25, -0.2) is 9.37 Å². The lowest BCUT2D eigenvalue weighted by atomic mass is 10.1. The van der Waals surface area contributed by atoms with Crippen LogP contribution in [0, 0.1) is 19.7 Å². The molecule has 0 saturated heterocycles. The fraction of sp³-hybridized carbons (Fsp3) is 0.125. The number of hydrogen-bond donors (Lipinski definition) is 1. The van der Waals surface area contributed by atoms with Gasteiger partial charge in [0.15, 0.2) is 11.6 Å². The van der Waals surface area contributed by atoms with Crippen molar-refractivity contribution in [2.75, 3.05) is 0 Å². The summed E-state index contributed by atoms with van der Waals surface area (Å²) in [6.07, 6.45) is 0. The number of phenols is 1. The Morgan fingerprint density at radius 3 is 2.62 bits per heavy atom. The number of aromatic nitrogens is 2. The largest absolute Gasteiger partial charge is 0.503 e. The van der Waals surface area contributed by atoms with Crippen LogP contribution in [0.5, 0.6) is 5.75 Å². The molecule has 3 aromatic rings. The summed E-state index contributed by atoms with van der Waals surface area (Å²) in [5, 5.41) is 10.3. The predicted molar refractivity (Wildman–Crippen MR) is 78.4 cm³/mol. The number of fused-ring (bicyclic) bond motifs is 1. The number of rotatable bonds is 1. The summed E-state index contributed by atoms with van der Waals surface area (Å²) in [7, 11) is 0. The Balaban J connectivity index is 2.46. The van der Waals surface area contributed by atoms with Crippen LogP contribution in [0.15, 0.2) is 41.2 Å². The Labute approximate surface area is 120 Å². The number of benzene rings is 2. The number of halogens is 1. The molecule has 21 heavy (non-hydrogen) atoms. The zero-order valence-electron chi connectivity index (χ0n) is 11.6. The zero-order valence-corrected chi connectivity index (χ0v) is 11.6. The zero-order chi connectivity index (χ0) is 15.1. The van der Waals surface area contributed by atoms with Crippen LogP contribution in [0.3, 0.4) is 0 Å². The molecular formula is C16H13FN2O2. The van der Waals surface area contributed by atoms with E-state index in [2.05, 4.69) is 4.98 Å². The van der Waals surface area contributed by atoms with Crippen molar-refractivity contribution in [3.63, 3.8) is 0 Å². The molecule has 1 N–H and O–H groups in total. The molecule has 1 aromatic heterocycles. The molecule has 4 nitrogen and oxygen atoms in total. The van der Waals surface area contributed by atoms with Gasteiger partial charge in [-0.05, 0) is 37.6 Å². The highest BCUT2D eigenvalue weighted by atomic mass is 19.1. The van der Waals surface area contributed by atoms with Gasteiger partial charge >= 0.3 is 0 Å². The Kier molecular flexibility index (Phi) is 2.97. The third-order valence-corrected chi connectivity index (χ3v) is 3.48. The number of phenolic OH excluding ortho intramolecular Hbond substituents is 1. The van der Waals surface area contributed by atoms with Gasteiger partial charge in [-0.2, -0.15) is 0 Å². The predicted octanol–water partition coefficient (Wildman–Crippen LogP) is 2.85. The van der Waals surface area contributed by atoms with Gasteiger partial charge in [0.2, 0.25) is 0 Å². The fourth-order valence-corrected chi connectivity index (χ4v) is 2.47. The van der Waals surface area contributed by atoms with Crippen LogP contribution in [0.4, 0.5) is 4.39 Å². The van der Waals surface area contributed by atoms with Crippen molar-refractivity contribution in [2.24, 2.45) is 0 Å². The average Bonchev–Trinajstić information content (AvgIpc) is 2.43. The minimum absolute atomic E-state index is 0.0927. The van der Waals surface area contributed by atoms with Gasteiger partial charge in [0.1, 0.15) is 5.82 Å². The SMILES string of the molecule is Cc1cccc2nc(C)n(-c3cccc(F)c3O)c(=O)c12. The highest BCUT2D eigenvalue weighted by Gasteiger charge is 2.15. The van der Waals surface area contributed by atoms with Crippen LogP contribution in [-0.2, 0) is 0 Å². The molecule has 106 valence electrons. The number of para-hydroxylation sites is 1. The van der Waals surface area contributed by atoms with Crippen molar-refractivity contribution in [3.05, 3.63) is 64.0 Å². The first-order chi connectivity index (χ1) is 10.0. The van der Waals surface area contributed by atoms with Gasteiger partial charge in [0.25, 0.3) is 5.56 Å². The minimum Gasteiger partial charge on any atom is -0.503 e. The van der Waals surface area contributed by atoms with Gasteiger partial charge in [-0.1, -0.05) is 18.2 Å². The van der Waals surface area contributed by atoms with Crippen molar-refractivity contribution in [3.8, 4) is 11.4 Å². The van der Waals surface area contributed by atoms with Crippen LogP contribution < -0.4 is 5.56 Å². The molecular weight excluding hydrogens is 271 g/mol. The van der Waals surface area contributed by atoms with E-state index in [1.807, 2.05) is 19.1 Å². The fourth-order valence-electron chi connectivity index (χ4n) is 2.47. The van der Waals surface area contributed by atoms with E-state index in [0.717, 1.165) is 11.6 Å². The van der Waals surface area contributed by atoms with Crippen LogP contribution >= 0.6 is 0 Å². The number of aryl methyl sites for hydroxylation is 2. The topological polar surface area (TPSA) is 55.1 Å². The molecule has 1 heterocycles. The first kappa shape index (κ1) is 13.3. The van der Waals surface area contributed by atoms with E-state index in [9.17, 15) is 14.3 Å². The van der Waals surface area contributed by atoms with Crippen LogP contribution in [0.2, 0.25) is 0 Å². The van der Waals surface area contributed by atoms with Crippen LogP contribution in [0.1, 0.15) is 11.4 Å². The summed E-state index contributed by atoms with van der Waals surface area (Å²) in [6.45, 7) is 3.46. The summed E-state index contributed by atoms with van der Waals surface area (Å²) < 4.78 is 14.8. The molecule has 5 heteroatoms. The van der Waals surface area contributed by atoms with E-state index in [1.54, 1.807) is 13.0 Å². The molecule has 0 unspecified atom stereocenters. The third kappa shape index (κ3) is 1.98. The maximum atomic E-state index is 13.5. The van der Waals surface area contributed by atoms with Crippen molar-refractivity contribution in [2.45, 2.75) is 13.8 Å². The second-order valence-electron chi connectivity index (χ2n) is 4.88. The molecule has 0 aliphatic carbocycles. The van der Waals surface area contributed by atoms with Crippen LogP contribution in [0.25, 0.3) is 16.6 Å². The number of hydrogen-bond acceptors (Lipinski definition) is 3. The summed E-state index contributed by atoms with van der Waals surface area (Å²) in [6, 6.07) is 9.46. The quantitative estimate of drug-likeness (QED) is 0.747. The molecule has 0 bridgehead atoms. The standard InChI is InChI=1S/C16H13FN2O2/c1-9-5-3-7-12-14(9)16(21)19(10(2)18-12)13-8-4-6-11(17)15(13)20/h3-8,20H,1-2H3. The summed E-state index contributed by atoms with van der Waals surface area (Å²) in [5.41, 5.74) is 1.14. The van der Waals surface area contributed by atoms with Gasteiger partial charge < -0.3 is 5.11 Å². The van der Waals surface area contributed by atoms with Crippen molar-refractivity contribution >= 4 is 10.9 Å². The van der Waals surface area contributed by atoms with E-state index in [0.29, 0.717) is 16.7 Å². The van der Waals surface area contributed by atoms with Gasteiger partial charge in [-0.3, -0.25) is 9.36 Å². The Hall–Kier alpha value is -2.69. The molecule has 0 amide bonds. The van der Waals surface area contributed by atoms with E-state index < -0.39 is 11.6 Å². The molecule has 0 aliphatic rings. The molecule has 0 spiro atoms. The first-order valence-corrected chi connectivity index (χ1v) is 6.47. The van der Waals surface area contributed by atoms with Gasteiger partial charge in [0.05, 0.1) is 16.6 Å². The summed E-state index contributed by atoms with van der Waals surface area (Å²) >= 11 is 0. The second-order valence-corrected chi connectivity index (χ2v) is 4.88. The van der Waals surface area contributed by atoms with Gasteiger partial charge in [0, 0.05) is 0 Å². The van der Waals surface area contributed by atoms with E-state index in [4.69, 9.17) is 0 Å². The van der Waals surface area contributed by atoms with Gasteiger partial charge in [-0.15, -0.1) is 0 Å². The van der Waals surface area contributed by atoms with Crippen molar-refractivity contribution in [1.82, 2.24) is 9.55 Å². The number of aromatic hydroxyl groups is 1. The monoisotopic (exact) mass is 284 g/mol. The molecule has 0 fully saturated rings. The lowest BCUT2D eigenvalue weighted by Gasteiger charge is -2.13. The van der Waals surface area contributed by atoms with E-state index in [-0.39, 0.29) is 11.2 Å². The minimum atomic E-state index is -0.774. The number of nitrogens with zero attached hydrogens (tertiary/aromatic N) is 2. The highest BCUT2D eigenvalue weighted by Crippen LogP contribution is 2.25. The van der Waals surface area contributed by atoms with Crippen molar-refractivity contribution < 1.29 is 9.50 Å². The lowest BCUT2D eigenvalue weighted by molar-refractivity contribution is 0.429. The average molecular weight is 284 g/mol. The maximum absolute atomic E-state index is 13.5. The van der Waals surface area contributed by atoms with E-state index in [1.165, 1.54) is 16.7 Å². The van der Waals surface area contributed by atoms with E-state index >= 15 is 0 Å². The Morgan fingerprint density at radius 2 is 1.86 bits per heavy atom. The third-order valence-electron chi connectivity index (χ3n) is 3.48. The van der Waals surface area contributed by atoms with Crippen molar-refractivity contribution in [1.29, 1.82) is 0 Å². The smallest absolute Gasteiger partial charge is 0.266 e. The Morgan fingerprint density at radius 1 is 1.14 bits per heavy atom.